The van der Waals surface area contributed by atoms with Crippen LogP contribution in [-0.2, 0) is 18.3 Å². The van der Waals surface area contributed by atoms with Crippen molar-refractivity contribution < 1.29 is 28.6 Å². The van der Waals surface area contributed by atoms with Gasteiger partial charge in [-0.15, -0.1) is 0 Å². The zero-order valence-electron chi connectivity index (χ0n) is 21.9. The summed E-state index contributed by atoms with van der Waals surface area (Å²) in [5, 5.41) is 23.7. The summed E-state index contributed by atoms with van der Waals surface area (Å²) in [4.78, 5) is 29.6. The van der Waals surface area contributed by atoms with Crippen LogP contribution >= 0.6 is 0 Å². The molecule has 1 atom stereocenters. The molecule has 11 nitrogen and oxygen atoms in total. The van der Waals surface area contributed by atoms with E-state index in [4.69, 9.17) is 15.2 Å². The maximum Gasteiger partial charge on any atom is 0.410 e. The Morgan fingerprint density at radius 2 is 2.00 bits per heavy atom. The van der Waals surface area contributed by atoms with Crippen molar-refractivity contribution in [2.24, 2.45) is 7.05 Å². The number of carboxylic acids is 1. The Bertz CT molecular complexity index is 1420. The quantitative estimate of drug-likeness (QED) is 0.460. The molecule has 0 aliphatic rings. The number of anilines is 1. The number of halogens is 1. The Labute approximate surface area is 219 Å². The van der Waals surface area contributed by atoms with Crippen LogP contribution in [0.1, 0.15) is 61.1 Å². The van der Waals surface area contributed by atoms with Crippen molar-refractivity contribution >= 4 is 17.9 Å². The zero-order chi connectivity index (χ0) is 28.4. The molecule has 0 saturated carbocycles. The Morgan fingerprint density at radius 1 is 1.32 bits per heavy atom. The molecule has 1 amide bonds. The lowest BCUT2D eigenvalue weighted by Crippen LogP contribution is -2.34. The highest BCUT2D eigenvalue weighted by Gasteiger charge is 2.25. The zero-order valence-corrected chi connectivity index (χ0v) is 21.9. The summed E-state index contributed by atoms with van der Waals surface area (Å²) >= 11 is 0. The normalized spacial score (nSPS) is 11.9. The van der Waals surface area contributed by atoms with E-state index >= 15 is 0 Å². The van der Waals surface area contributed by atoms with E-state index in [0.717, 1.165) is 18.2 Å². The van der Waals surface area contributed by atoms with Crippen LogP contribution in [0.25, 0.3) is 11.1 Å². The van der Waals surface area contributed by atoms with Crippen LogP contribution in [0.3, 0.4) is 0 Å². The van der Waals surface area contributed by atoms with Gasteiger partial charge in [0.15, 0.2) is 11.6 Å². The first-order valence-electron chi connectivity index (χ1n) is 11.6. The summed E-state index contributed by atoms with van der Waals surface area (Å²) in [5.41, 5.74) is 6.79. The minimum atomic E-state index is -1.23. The molecular formula is C26H29FN6O5. The van der Waals surface area contributed by atoms with Gasteiger partial charge in [-0.25, -0.2) is 19.0 Å². The van der Waals surface area contributed by atoms with Gasteiger partial charge < -0.3 is 25.2 Å². The smallest absolute Gasteiger partial charge is 0.410 e. The number of rotatable bonds is 7. The average Bonchev–Trinajstić information content (AvgIpc) is 3.13. The molecule has 0 aliphatic heterocycles. The van der Waals surface area contributed by atoms with E-state index in [1.807, 2.05) is 0 Å². The van der Waals surface area contributed by atoms with Crippen molar-refractivity contribution in [1.29, 1.82) is 5.26 Å². The summed E-state index contributed by atoms with van der Waals surface area (Å²) < 4.78 is 26.6. The average molecular weight is 525 g/mol. The second-order valence-electron chi connectivity index (χ2n) is 9.65. The topological polar surface area (TPSA) is 157 Å². The number of aromatic carboxylic acids is 1. The molecule has 200 valence electrons. The Kier molecular flexibility index (Phi) is 7.90. The fourth-order valence-corrected chi connectivity index (χ4v) is 3.76. The molecular weight excluding hydrogens is 495 g/mol. The number of carbonyl (C=O) groups excluding carboxylic acids is 1. The van der Waals surface area contributed by atoms with Gasteiger partial charge >= 0.3 is 12.1 Å². The van der Waals surface area contributed by atoms with E-state index < -0.39 is 29.6 Å². The molecule has 0 bridgehead atoms. The number of hydrogen-bond donors (Lipinski definition) is 2. The standard InChI is InChI=1S/C26H29FN6O5/c1-14(18-10-16(27)7-8-17(18)24(34)35)37-21-9-15(12-30-23(21)29)22-19(31-33(6)20(22)11-28)13-32(5)25(36)38-26(2,3)4/h7-10,12,14H,13H2,1-6H3,(H2,29,30)(H,34,35). The van der Waals surface area contributed by atoms with E-state index in [-0.39, 0.29) is 34.9 Å². The molecule has 12 heteroatoms. The number of benzene rings is 1. The summed E-state index contributed by atoms with van der Waals surface area (Å²) in [6, 6.07) is 6.94. The highest BCUT2D eigenvalue weighted by Crippen LogP contribution is 2.34. The Balaban J connectivity index is 2.00. The molecule has 1 unspecified atom stereocenters. The largest absolute Gasteiger partial charge is 0.482 e. The molecule has 0 saturated heterocycles. The van der Waals surface area contributed by atoms with E-state index in [1.165, 1.54) is 21.8 Å². The number of pyridine rings is 1. The minimum absolute atomic E-state index is 0.00343. The number of aromatic nitrogens is 3. The van der Waals surface area contributed by atoms with Gasteiger partial charge in [-0.05, 0) is 52.0 Å². The summed E-state index contributed by atoms with van der Waals surface area (Å²) in [5.74, 6) is -1.75. The van der Waals surface area contributed by atoms with Crippen LogP contribution < -0.4 is 10.5 Å². The molecule has 38 heavy (non-hydrogen) atoms. The fraction of sp³-hybridized carbons (Fsp3) is 0.346. The van der Waals surface area contributed by atoms with Crippen LogP contribution in [-0.4, -0.2) is 49.5 Å². The number of nitrogens with two attached hydrogens (primary N) is 1. The highest BCUT2D eigenvalue weighted by molar-refractivity contribution is 5.89. The molecule has 0 spiro atoms. The first-order valence-corrected chi connectivity index (χ1v) is 11.6. The van der Waals surface area contributed by atoms with E-state index in [2.05, 4.69) is 16.2 Å². The second-order valence-corrected chi connectivity index (χ2v) is 9.65. The van der Waals surface area contributed by atoms with Gasteiger partial charge in [0, 0.05) is 37.0 Å². The van der Waals surface area contributed by atoms with Crippen molar-refractivity contribution in [3.05, 3.63) is 58.8 Å². The van der Waals surface area contributed by atoms with Gasteiger partial charge in [-0.2, -0.15) is 10.4 Å². The van der Waals surface area contributed by atoms with Gasteiger partial charge in [0.05, 0.1) is 17.8 Å². The van der Waals surface area contributed by atoms with Crippen molar-refractivity contribution in [2.75, 3.05) is 12.8 Å². The molecule has 0 aliphatic carbocycles. The molecule has 3 aromatic rings. The van der Waals surface area contributed by atoms with Crippen LogP contribution in [0.2, 0.25) is 0 Å². The van der Waals surface area contributed by atoms with E-state index in [9.17, 15) is 24.3 Å². The number of carbonyl (C=O) groups is 2. The van der Waals surface area contributed by atoms with Crippen LogP contribution in [0.4, 0.5) is 15.0 Å². The monoisotopic (exact) mass is 524 g/mol. The SMILES string of the molecule is CC(Oc1cc(-c2c(CN(C)C(=O)OC(C)(C)C)nn(C)c2C#N)cnc1N)c1cc(F)ccc1C(=O)O. The third kappa shape index (κ3) is 6.18. The third-order valence-electron chi connectivity index (χ3n) is 5.47. The lowest BCUT2D eigenvalue weighted by Gasteiger charge is -2.24. The number of ether oxygens (including phenoxy) is 2. The summed E-state index contributed by atoms with van der Waals surface area (Å²) in [6.07, 6.45) is -0.0319. The number of amides is 1. The first-order chi connectivity index (χ1) is 17.7. The summed E-state index contributed by atoms with van der Waals surface area (Å²) in [7, 11) is 3.15. The van der Waals surface area contributed by atoms with Gasteiger partial charge in [-0.1, -0.05) is 0 Å². The Hall–Kier alpha value is -4.66. The van der Waals surface area contributed by atoms with Crippen LogP contribution in [0.5, 0.6) is 5.75 Å². The lowest BCUT2D eigenvalue weighted by atomic mass is 10.0. The highest BCUT2D eigenvalue weighted by atomic mass is 19.1. The number of nitrogen functional groups attached to an aromatic ring is 1. The predicted octanol–water partition coefficient (Wildman–Crippen LogP) is 4.28. The molecule has 2 heterocycles. The third-order valence-corrected chi connectivity index (χ3v) is 5.47. The van der Waals surface area contributed by atoms with Gasteiger partial charge in [0.2, 0.25) is 0 Å². The van der Waals surface area contributed by atoms with Crippen LogP contribution in [0, 0.1) is 17.1 Å². The maximum atomic E-state index is 13.9. The second kappa shape index (κ2) is 10.8. The number of nitriles is 1. The van der Waals surface area contributed by atoms with Crippen molar-refractivity contribution in [2.45, 2.75) is 45.9 Å². The fourth-order valence-electron chi connectivity index (χ4n) is 3.76. The van der Waals surface area contributed by atoms with Crippen molar-refractivity contribution in [1.82, 2.24) is 19.7 Å². The Morgan fingerprint density at radius 3 is 2.61 bits per heavy atom. The van der Waals surface area contributed by atoms with Crippen molar-refractivity contribution in [3.63, 3.8) is 0 Å². The van der Waals surface area contributed by atoms with E-state index in [0.29, 0.717) is 16.8 Å². The summed E-state index contributed by atoms with van der Waals surface area (Å²) in [6.45, 7) is 6.85. The number of carboxylic acid groups (broad SMARTS) is 1. The predicted molar refractivity (Wildman–Crippen MR) is 136 cm³/mol. The van der Waals surface area contributed by atoms with E-state index in [1.54, 1.807) is 41.8 Å². The van der Waals surface area contributed by atoms with Crippen molar-refractivity contribution in [3.8, 4) is 22.9 Å². The lowest BCUT2D eigenvalue weighted by molar-refractivity contribution is 0.0283. The van der Waals surface area contributed by atoms with Gasteiger partial charge in [-0.3, -0.25) is 4.68 Å². The minimum Gasteiger partial charge on any atom is -0.482 e. The number of aryl methyl sites for hydroxylation is 1. The molecule has 0 radical (unpaired) electrons. The molecule has 3 N–H and O–H groups in total. The molecule has 1 aromatic carbocycles. The molecule has 3 rings (SSSR count). The molecule has 2 aromatic heterocycles. The number of hydrogen-bond acceptors (Lipinski definition) is 8. The molecule has 0 fully saturated rings. The maximum absolute atomic E-state index is 13.9. The van der Waals surface area contributed by atoms with Gasteiger partial charge in [0.25, 0.3) is 0 Å². The van der Waals surface area contributed by atoms with Crippen LogP contribution in [0.15, 0.2) is 30.5 Å². The first kappa shape index (κ1) is 27.9. The number of nitrogens with zero attached hydrogens (tertiary/aromatic N) is 5. The van der Waals surface area contributed by atoms with Gasteiger partial charge in [0.1, 0.15) is 29.3 Å².